The second-order valence-electron chi connectivity index (χ2n) is 8.72. The molecular weight excluding hydrogens is 521 g/mol. The van der Waals surface area contributed by atoms with Crippen LogP contribution in [0.4, 0.5) is 14.6 Å². The van der Waals surface area contributed by atoms with Crippen molar-refractivity contribution in [3.63, 3.8) is 0 Å². The van der Waals surface area contributed by atoms with Gasteiger partial charge in [-0.25, -0.2) is 13.8 Å². The van der Waals surface area contributed by atoms with Crippen LogP contribution in [-0.4, -0.2) is 54.0 Å². The number of rotatable bonds is 8. The van der Waals surface area contributed by atoms with Crippen molar-refractivity contribution in [1.29, 1.82) is 0 Å². The summed E-state index contributed by atoms with van der Waals surface area (Å²) in [7, 11) is 0. The molecular formula is C27H34Cl2F2N4O2. The molecule has 3 aromatic rings. The second-order valence-corrected chi connectivity index (χ2v) is 8.72. The highest BCUT2D eigenvalue weighted by Crippen LogP contribution is 2.30. The van der Waals surface area contributed by atoms with Gasteiger partial charge in [-0.05, 0) is 79.9 Å². The van der Waals surface area contributed by atoms with E-state index < -0.39 is 5.91 Å². The summed E-state index contributed by atoms with van der Waals surface area (Å²) < 4.78 is 26.9. The number of halogens is 4. The summed E-state index contributed by atoms with van der Waals surface area (Å²) in [6, 6.07) is 16.6. The van der Waals surface area contributed by atoms with E-state index in [-0.39, 0.29) is 47.8 Å². The van der Waals surface area contributed by atoms with Gasteiger partial charge in [0.05, 0.1) is 5.56 Å². The highest BCUT2D eigenvalue weighted by Gasteiger charge is 2.21. The average molecular weight is 555 g/mol. The molecule has 1 aromatic heterocycles. The Hall–Kier alpha value is -2.78. The SMILES string of the molecule is Cl.Cl.NC(=O)c1cccnc1N1CCCN(CCCC(c2ccc(F)cc2)c2ccc(F)cc2)CC1.O. The van der Waals surface area contributed by atoms with Crippen LogP contribution in [-0.2, 0) is 0 Å². The van der Waals surface area contributed by atoms with Crippen molar-refractivity contribution in [3.8, 4) is 0 Å². The van der Waals surface area contributed by atoms with Crippen molar-refractivity contribution < 1.29 is 19.1 Å². The number of amides is 1. The normalized spacial score (nSPS) is 13.6. The Labute approximate surface area is 229 Å². The third kappa shape index (κ3) is 8.64. The van der Waals surface area contributed by atoms with E-state index in [1.807, 2.05) is 24.3 Å². The number of benzene rings is 2. The molecule has 202 valence electrons. The van der Waals surface area contributed by atoms with Crippen LogP contribution in [0.1, 0.15) is 46.7 Å². The molecule has 0 spiro atoms. The zero-order chi connectivity index (χ0) is 23.9. The summed E-state index contributed by atoms with van der Waals surface area (Å²) in [6.07, 6.45) is 4.49. The number of hydrogen-bond acceptors (Lipinski definition) is 4. The van der Waals surface area contributed by atoms with Crippen molar-refractivity contribution >= 4 is 36.5 Å². The number of carbonyl (C=O) groups is 1. The van der Waals surface area contributed by atoms with Crippen LogP contribution in [0.25, 0.3) is 0 Å². The molecule has 0 bridgehead atoms. The van der Waals surface area contributed by atoms with E-state index in [4.69, 9.17) is 5.73 Å². The predicted octanol–water partition coefficient (Wildman–Crippen LogP) is 4.60. The van der Waals surface area contributed by atoms with Crippen LogP contribution in [0.2, 0.25) is 0 Å². The van der Waals surface area contributed by atoms with Gasteiger partial charge in [-0.2, -0.15) is 0 Å². The average Bonchev–Trinajstić information content (AvgIpc) is 3.09. The maximum atomic E-state index is 13.5. The zero-order valence-corrected chi connectivity index (χ0v) is 22.1. The largest absolute Gasteiger partial charge is 0.412 e. The molecule has 0 unspecified atom stereocenters. The Kier molecular flexibility index (Phi) is 13.5. The van der Waals surface area contributed by atoms with Gasteiger partial charge in [-0.1, -0.05) is 24.3 Å². The number of hydrogen-bond donors (Lipinski definition) is 1. The lowest BCUT2D eigenvalue weighted by molar-refractivity contribution is 0.100. The smallest absolute Gasteiger partial charge is 0.252 e. The minimum absolute atomic E-state index is 0. The lowest BCUT2D eigenvalue weighted by Crippen LogP contribution is -2.33. The first-order valence-electron chi connectivity index (χ1n) is 11.7. The van der Waals surface area contributed by atoms with Crippen LogP contribution in [0, 0.1) is 11.6 Å². The highest BCUT2D eigenvalue weighted by molar-refractivity contribution is 5.97. The number of primary amides is 1. The minimum atomic E-state index is -0.461. The van der Waals surface area contributed by atoms with Crippen LogP contribution < -0.4 is 10.6 Å². The number of aromatic nitrogens is 1. The van der Waals surface area contributed by atoms with E-state index in [2.05, 4.69) is 14.8 Å². The van der Waals surface area contributed by atoms with Crippen LogP contribution in [0.5, 0.6) is 0 Å². The standard InChI is InChI=1S/C27H30F2N4O.2ClH.H2O/c28-22-10-6-20(7-11-22)24(21-8-12-23(29)13-9-21)5-2-15-32-16-3-17-33(19-18-32)27-25(26(30)34)4-1-14-31-27;;;/h1,4,6-14,24H,2-3,5,15-19H2,(H2,30,34);2*1H;1H2. The lowest BCUT2D eigenvalue weighted by Gasteiger charge is -2.24. The van der Waals surface area contributed by atoms with Gasteiger partial charge in [-0.15, -0.1) is 24.8 Å². The molecule has 6 nitrogen and oxygen atoms in total. The summed E-state index contributed by atoms with van der Waals surface area (Å²) in [4.78, 5) is 20.8. The summed E-state index contributed by atoms with van der Waals surface area (Å²) in [5.41, 5.74) is 8.06. The molecule has 1 fully saturated rings. The first kappa shape index (κ1) is 32.2. The fourth-order valence-electron chi connectivity index (χ4n) is 4.68. The van der Waals surface area contributed by atoms with Gasteiger partial charge in [-0.3, -0.25) is 4.79 Å². The molecule has 4 N–H and O–H groups in total. The van der Waals surface area contributed by atoms with E-state index in [1.165, 1.54) is 24.3 Å². The molecule has 0 radical (unpaired) electrons. The Morgan fingerprint density at radius 3 is 2.05 bits per heavy atom. The monoisotopic (exact) mass is 554 g/mol. The van der Waals surface area contributed by atoms with Gasteiger partial charge < -0.3 is 21.0 Å². The van der Waals surface area contributed by atoms with E-state index in [0.29, 0.717) is 11.4 Å². The van der Waals surface area contributed by atoms with Crippen LogP contribution in [0.3, 0.4) is 0 Å². The van der Waals surface area contributed by atoms with Gasteiger partial charge in [0.1, 0.15) is 17.5 Å². The first-order chi connectivity index (χ1) is 16.5. The topological polar surface area (TPSA) is 94.0 Å². The Morgan fingerprint density at radius 1 is 0.892 bits per heavy atom. The number of carbonyl (C=O) groups excluding carboxylic acids is 1. The fraction of sp³-hybridized carbons (Fsp3) is 0.333. The summed E-state index contributed by atoms with van der Waals surface area (Å²) in [6.45, 7) is 4.36. The van der Waals surface area contributed by atoms with Gasteiger partial charge >= 0.3 is 0 Å². The molecule has 0 saturated carbocycles. The van der Waals surface area contributed by atoms with Crippen molar-refractivity contribution in [2.45, 2.75) is 25.2 Å². The predicted molar refractivity (Wildman–Crippen MR) is 148 cm³/mol. The third-order valence-corrected chi connectivity index (χ3v) is 6.45. The molecule has 2 heterocycles. The molecule has 0 aliphatic carbocycles. The third-order valence-electron chi connectivity index (χ3n) is 6.45. The Bertz CT molecular complexity index is 1060. The molecule has 1 amide bonds. The van der Waals surface area contributed by atoms with Gasteiger partial charge in [0, 0.05) is 31.7 Å². The molecule has 2 aromatic carbocycles. The van der Waals surface area contributed by atoms with E-state index in [9.17, 15) is 13.6 Å². The molecule has 4 rings (SSSR count). The van der Waals surface area contributed by atoms with Crippen LogP contribution in [0.15, 0.2) is 66.9 Å². The first-order valence-corrected chi connectivity index (χ1v) is 11.7. The molecule has 10 heteroatoms. The number of pyridine rings is 1. The van der Waals surface area contributed by atoms with Crippen molar-refractivity contribution in [1.82, 2.24) is 9.88 Å². The number of nitrogens with zero attached hydrogens (tertiary/aromatic N) is 3. The van der Waals surface area contributed by atoms with Crippen molar-refractivity contribution in [3.05, 3.63) is 95.2 Å². The van der Waals surface area contributed by atoms with Gasteiger partial charge in [0.15, 0.2) is 0 Å². The van der Waals surface area contributed by atoms with E-state index >= 15 is 0 Å². The maximum Gasteiger partial charge on any atom is 0.252 e. The van der Waals surface area contributed by atoms with Crippen molar-refractivity contribution in [2.24, 2.45) is 5.73 Å². The summed E-state index contributed by atoms with van der Waals surface area (Å²) >= 11 is 0. The van der Waals surface area contributed by atoms with Gasteiger partial charge in [0.25, 0.3) is 5.91 Å². The van der Waals surface area contributed by atoms with E-state index in [0.717, 1.165) is 63.1 Å². The molecule has 1 aliphatic rings. The molecule has 1 saturated heterocycles. The number of anilines is 1. The fourth-order valence-corrected chi connectivity index (χ4v) is 4.68. The molecule has 1 aliphatic heterocycles. The van der Waals surface area contributed by atoms with Crippen molar-refractivity contribution in [2.75, 3.05) is 37.6 Å². The minimum Gasteiger partial charge on any atom is -0.412 e. The molecule has 0 atom stereocenters. The summed E-state index contributed by atoms with van der Waals surface area (Å²) in [5, 5.41) is 0. The number of nitrogens with two attached hydrogens (primary N) is 1. The van der Waals surface area contributed by atoms with Crippen LogP contribution >= 0.6 is 24.8 Å². The zero-order valence-electron chi connectivity index (χ0n) is 20.5. The van der Waals surface area contributed by atoms with Gasteiger partial charge in [0.2, 0.25) is 0 Å². The Morgan fingerprint density at radius 2 is 1.49 bits per heavy atom. The van der Waals surface area contributed by atoms with E-state index in [1.54, 1.807) is 18.3 Å². The quantitative estimate of drug-likeness (QED) is 0.440. The molecule has 37 heavy (non-hydrogen) atoms. The Balaban J connectivity index is 0.00000228. The maximum absolute atomic E-state index is 13.5. The second kappa shape index (κ2) is 15.5. The lowest BCUT2D eigenvalue weighted by atomic mass is 9.87. The highest BCUT2D eigenvalue weighted by atomic mass is 35.5. The summed E-state index contributed by atoms with van der Waals surface area (Å²) in [5.74, 6) is -0.246.